The van der Waals surface area contributed by atoms with E-state index in [4.69, 9.17) is 0 Å². The van der Waals surface area contributed by atoms with E-state index in [9.17, 15) is 28.8 Å². The van der Waals surface area contributed by atoms with E-state index in [2.05, 4.69) is 116 Å². The first-order chi connectivity index (χ1) is 28.0. The highest BCUT2D eigenvalue weighted by Crippen LogP contribution is 2.33. The smallest absolute Gasteiger partial charge is 0.253 e. The lowest BCUT2D eigenvalue weighted by Gasteiger charge is -2.28. The maximum Gasteiger partial charge on any atom is 0.253 e. The average Bonchev–Trinajstić information content (AvgIpc) is 3.17. The molecule has 4 aromatic carbocycles. The lowest BCUT2D eigenvalue weighted by molar-refractivity contribution is -0.870. The van der Waals surface area contributed by atoms with Crippen molar-refractivity contribution in [3.05, 3.63) is 94.7 Å². The summed E-state index contributed by atoms with van der Waals surface area (Å²) in [5, 5.41) is 19.5. The molecule has 0 spiro atoms. The number of quaternary nitrogens is 3. The topological polar surface area (TPSA) is 175 Å². The summed E-state index contributed by atoms with van der Waals surface area (Å²) < 4.78 is 2.36. The molecule has 60 heavy (non-hydrogen) atoms. The van der Waals surface area contributed by atoms with E-state index < -0.39 is 32.6 Å². The predicted molar refractivity (Wildman–Crippen MR) is 249 cm³/mol. The molecular formula is C45H72N9O6+3. The minimum Gasteiger partial charge on any atom is -0.380 e. The van der Waals surface area contributed by atoms with Gasteiger partial charge in [-0.15, -0.1) is 0 Å². The predicted octanol–water partition coefficient (Wildman–Crippen LogP) is 2.52. The van der Waals surface area contributed by atoms with Crippen LogP contribution in [0.3, 0.4) is 0 Å². The van der Waals surface area contributed by atoms with Crippen LogP contribution in [0.25, 0.3) is 0 Å². The highest BCUT2D eigenvalue weighted by atomic mass is 16.2. The zero-order chi connectivity index (χ0) is 44.7. The Morgan fingerprint density at radius 1 is 0.317 bits per heavy atom. The SMILES string of the molecule is CCc1c(CNc2c(NCCC[N+](C)(C)C)c(=O)c2=O)c(CC)c(CNc2c(NCCC[N+](C)(C)C)c(=O)c2=O)c(CC)c1CNc1c(NCCC[N+](C)(C)C)c(=O)c1=O. The molecule has 0 fully saturated rings. The van der Waals surface area contributed by atoms with Crippen molar-refractivity contribution in [3.63, 3.8) is 0 Å². The van der Waals surface area contributed by atoms with Gasteiger partial charge in [0.05, 0.1) is 83.1 Å². The zero-order valence-electron chi connectivity index (χ0n) is 38.4. The van der Waals surface area contributed by atoms with Crippen molar-refractivity contribution in [3.8, 4) is 0 Å². The Morgan fingerprint density at radius 3 is 0.700 bits per heavy atom. The molecule has 4 aromatic rings. The third-order valence-corrected chi connectivity index (χ3v) is 11.2. The van der Waals surface area contributed by atoms with Gasteiger partial charge in [-0.2, -0.15) is 0 Å². The Bertz CT molecular complexity index is 2060. The first kappa shape index (κ1) is 47.8. The summed E-state index contributed by atoms with van der Waals surface area (Å²) in [4.78, 5) is 77.0. The van der Waals surface area contributed by atoms with Crippen LogP contribution in [-0.2, 0) is 38.9 Å². The molecule has 0 bridgehead atoms. The summed E-state index contributed by atoms with van der Waals surface area (Å²) >= 11 is 0. The Labute approximate surface area is 355 Å². The Hall–Kier alpha value is -4.86. The average molecular weight is 835 g/mol. The molecule has 15 heteroatoms. The fourth-order valence-electron chi connectivity index (χ4n) is 8.03. The van der Waals surface area contributed by atoms with Crippen LogP contribution in [0.1, 0.15) is 73.4 Å². The van der Waals surface area contributed by atoms with Crippen LogP contribution in [0.15, 0.2) is 28.8 Å². The van der Waals surface area contributed by atoms with Crippen LogP contribution in [0.5, 0.6) is 0 Å². The Kier molecular flexibility index (Phi) is 15.7. The summed E-state index contributed by atoms with van der Waals surface area (Å²) in [7, 11) is 18.9. The second-order valence-electron chi connectivity index (χ2n) is 19.1. The van der Waals surface area contributed by atoms with Crippen molar-refractivity contribution < 1.29 is 13.4 Å². The highest BCUT2D eigenvalue weighted by Gasteiger charge is 2.28. The van der Waals surface area contributed by atoms with E-state index in [0.717, 1.165) is 85.7 Å². The molecule has 0 amide bonds. The maximum absolute atomic E-state index is 12.9. The van der Waals surface area contributed by atoms with Crippen molar-refractivity contribution in [2.75, 3.05) is 135 Å². The highest BCUT2D eigenvalue weighted by molar-refractivity contribution is 5.76. The molecule has 4 rings (SSSR count). The first-order valence-corrected chi connectivity index (χ1v) is 21.6. The molecule has 0 aromatic heterocycles. The van der Waals surface area contributed by atoms with Crippen LogP contribution in [-0.4, -0.2) is 116 Å². The van der Waals surface area contributed by atoms with Crippen LogP contribution in [0, 0.1) is 0 Å². The lowest BCUT2D eigenvalue weighted by atomic mass is 9.83. The van der Waals surface area contributed by atoms with E-state index in [-0.39, 0.29) is 36.7 Å². The van der Waals surface area contributed by atoms with Gasteiger partial charge in [-0.3, -0.25) is 28.8 Å². The number of anilines is 6. The zero-order valence-corrected chi connectivity index (χ0v) is 38.4. The summed E-state index contributed by atoms with van der Waals surface area (Å²) in [6.07, 6.45) is 4.36. The Morgan fingerprint density at radius 2 is 0.517 bits per heavy atom. The van der Waals surface area contributed by atoms with Crippen molar-refractivity contribution in [1.29, 1.82) is 0 Å². The molecule has 0 heterocycles. The Balaban J connectivity index is 1.71. The fourth-order valence-corrected chi connectivity index (χ4v) is 8.03. The van der Waals surface area contributed by atoms with Gasteiger partial charge in [-0.1, -0.05) is 20.8 Å². The summed E-state index contributed by atoms with van der Waals surface area (Å²) in [6.45, 7) is 11.3. The van der Waals surface area contributed by atoms with Crippen molar-refractivity contribution in [1.82, 2.24) is 0 Å². The van der Waals surface area contributed by atoms with Gasteiger partial charge in [0, 0.05) is 58.5 Å². The number of nitrogens with one attached hydrogen (secondary N) is 6. The van der Waals surface area contributed by atoms with Gasteiger partial charge in [-0.05, 0) is 52.6 Å². The number of rotatable bonds is 27. The van der Waals surface area contributed by atoms with Gasteiger partial charge in [0.25, 0.3) is 32.6 Å². The molecule has 15 nitrogen and oxygen atoms in total. The molecule has 0 unspecified atom stereocenters. The van der Waals surface area contributed by atoms with E-state index >= 15 is 0 Å². The second-order valence-corrected chi connectivity index (χ2v) is 19.1. The molecule has 0 aliphatic carbocycles. The fraction of sp³-hybridized carbons (Fsp3) is 0.600. The standard InChI is InChI=1S/C45H69N9O6/c1-13-28-31(25-49-37-34(40(55)43(37)58)46-19-16-22-52(4,5)6)29(14-2)33(27-51-39-36(42(57)45(39)60)48-21-18-24-54(10,11)12)30(15-3)32(28)26-50-38-35(41(56)44(38)59)47-20-17-23-53(7,8)9/h13-27H2,1-12H3,(H3-3,46,47,48,49,50,51,55,56,57,58,59,60)/p+3. The van der Waals surface area contributed by atoms with Gasteiger partial charge in [0.2, 0.25) is 0 Å². The molecule has 0 radical (unpaired) electrons. The van der Waals surface area contributed by atoms with E-state index in [0.29, 0.717) is 56.0 Å². The quantitative estimate of drug-likeness (QED) is 0.0295. The lowest BCUT2D eigenvalue weighted by Crippen LogP contribution is -2.39. The molecule has 0 atom stereocenters. The number of hydrogen-bond donors (Lipinski definition) is 6. The first-order valence-electron chi connectivity index (χ1n) is 21.6. The van der Waals surface area contributed by atoms with Gasteiger partial charge < -0.3 is 45.3 Å². The third kappa shape index (κ3) is 11.5. The molecule has 0 saturated carbocycles. The number of benzene rings is 1. The van der Waals surface area contributed by atoms with Gasteiger partial charge in [-0.25, -0.2) is 0 Å². The molecule has 0 aliphatic rings. The van der Waals surface area contributed by atoms with Gasteiger partial charge in [0.1, 0.15) is 34.1 Å². The minimum atomic E-state index is -0.558. The third-order valence-electron chi connectivity index (χ3n) is 11.2. The van der Waals surface area contributed by atoms with Crippen LogP contribution in [0.2, 0.25) is 0 Å². The molecular weight excluding hydrogens is 763 g/mol. The monoisotopic (exact) mass is 835 g/mol. The van der Waals surface area contributed by atoms with Crippen molar-refractivity contribution >= 4 is 34.1 Å². The summed E-state index contributed by atoms with van der Waals surface area (Å²) in [5.41, 5.74) is 4.42. The van der Waals surface area contributed by atoms with Gasteiger partial charge in [0.15, 0.2) is 0 Å². The minimum absolute atomic E-state index is 0.257. The molecule has 6 N–H and O–H groups in total. The summed E-state index contributed by atoms with van der Waals surface area (Å²) in [6, 6.07) is 0. The number of nitrogens with zero attached hydrogens (tertiary/aromatic N) is 3. The van der Waals surface area contributed by atoms with Crippen LogP contribution in [0.4, 0.5) is 34.1 Å². The van der Waals surface area contributed by atoms with Crippen molar-refractivity contribution in [2.24, 2.45) is 0 Å². The molecule has 0 saturated heterocycles. The maximum atomic E-state index is 12.9. The van der Waals surface area contributed by atoms with E-state index in [1.165, 1.54) is 0 Å². The van der Waals surface area contributed by atoms with Crippen molar-refractivity contribution in [2.45, 2.75) is 78.9 Å². The van der Waals surface area contributed by atoms with E-state index in [1.807, 2.05) is 0 Å². The van der Waals surface area contributed by atoms with Crippen LogP contribution >= 0.6 is 0 Å². The van der Waals surface area contributed by atoms with E-state index in [1.54, 1.807) is 0 Å². The molecule has 0 aliphatic heterocycles. The second kappa shape index (κ2) is 19.7. The number of hydrogen-bond acceptors (Lipinski definition) is 12. The van der Waals surface area contributed by atoms with Gasteiger partial charge >= 0.3 is 0 Å². The van der Waals surface area contributed by atoms with Crippen LogP contribution < -0.4 is 64.5 Å². The summed E-state index contributed by atoms with van der Waals surface area (Å²) in [5.74, 6) is 0. The molecule has 330 valence electrons. The normalized spacial score (nSPS) is 12.4. The largest absolute Gasteiger partial charge is 0.380 e.